The Bertz CT molecular complexity index is 431. The molecule has 0 saturated carbocycles. The molecule has 0 aliphatic carbocycles. The number of hydrogen-bond donors (Lipinski definition) is 3. The molecule has 5 heteroatoms. The Labute approximate surface area is 105 Å². The predicted octanol–water partition coefficient (Wildman–Crippen LogP) is 1.26. The minimum absolute atomic E-state index is 0.112. The number of carbonyl (C=O) groups is 1. The molecular formula is C13H17FN2O2. The van der Waals surface area contributed by atoms with Gasteiger partial charge < -0.3 is 15.7 Å². The van der Waals surface area contributed by atoms with E-state index in [0.29, 0.717) is 12.5 Å². The van der Waals surface area contributed by atoms with E-state index in [1.54, 1.807) is 0 Å². The summed E-state index contributed by atoms with van der Waals surface area (Å²) in [6.07, 6.45) is 2.05. The minimum Gasteiger partial charge on any atom is -0.507 e. The number of nitrogens with one attached hydrogen (secondary N) is 2. The highest BCUT2D eigenvalue weighted by Crippen LogP contribution is 2.18. The van der Waals surface area contributed by atoms with Crippen LogP contribution >= 0.6 is 0 Å². The molecule has 0 aromatic heterocycles. The predicted molar refractivity (Wildman–Crippen MR) is 66.0 cm³/mol. The second kappa shape index (κ2) is 5.82. The van der Waals surface area contributed by atoms with Crippen LogP contribution in [0.5, 0.6) is 5.75 Å². The summed E-state index contributed by atoms with van der Waals surface area (Å²) in [6, 6.07) is 3.39. The number of rotatable bonds is 4. The summed E-state index contributed by atoms with van der Waals surface area (Å²) < 4.78 is 12.8. The second-order valence-corrected chi connectivity index (χ2v) is 4.56. The average Bonchev–Trinajstić information content (AvgIpc) is 2.81. The highest BCUT2D eigenvalue weighted by molar-refractivity contribution is 5.96. The van der Waals surface area contributed by atoms with E-state index in [-0.39, 0.29) is 17.2 Å². The lowest BCUT2D eigenvalue weighted by molar-refractivity contribution is 0.0949. The highest BCUT2D eigenvalue weighted by Gasteiger charge is 2.15. The number of halogens is 1. The number of phenols is 1. The van der Waals surface area contributed by atoms with Crippen LogP contribution in [0.2, 0.25) is 0 Å². The van der Waals surface area contributed by atoms with Crippen LogP contribution in [0.4, 0.5) is 4.39 Å². The maximum absolute atomic E-state index is 12.8. The molecule has 3 N–H and O–H groups in total. The van der Waals surface area contributed by atoms with Crippen LogP contribution in [0.25, 0.3) is 0 Å². The Hall–Kier alpha value is -1.62. The largest absolute Gasteiger partial charge is 0.507 e. The fourth-order valence-corrected chi connectivity index (χ4v) is 2.14. The standard InChI is InChI=1S/C13H17FN2O2/c14-10-1-2-11(12(17)7-10)13(18)16-6-4-9-3-5-15-8-9/h1-2,7,9,15,17H,3-6,8H2,(H,16,18). The first-order valence-electron chi connectivity index (χ1n) is 6.14. The quantitative estimate of drug-likeness (QED) is 0.756. The summed E-state index contributed by atoms with van der Waals surface area (Å²) in [7, 11) is 0. The molecule has 1 heterocycles. The van der Waals surface area contributed by atoms with Gasteiger partial charge in [0.1, 0.15) is 11.6 Å². The number of hydrogen-bond acceptors (Lipinski definition) is 3. The maximum Gasteiger partial charge on any atom is 0.255 e. The smallest absolute Gasteiger partial charge is 0.255 e. The Kier molecular flexibility index (Phi) is 4.15. The fraction of sp³-hybridized carbons (Fsp3) is 0.462. The topological polar surface area (TPSA) is 61.4 Å². The van der Waals surface area contributed by atoms with Crippen LogP contribution in [0.15, 0.2) is 18.2 Å². The van der Waals surface area contributed by atoms with Gasteiger partial charge in [0, 0.05) is 12.6 Å². The van der Waals surface area contributed by atoms with Crippen molar-refractivity contribution in [3.05, 3.63) is 29.6 Å². The minimum atomic E-state index is -0.555. The van der Waals surface area contributed by atoms with Crippen molar-refractivity contribution in [1.82, 2.24) is 10.6 Å². The molecule has 0 bridgehead atoms. The SMILES string of the molecule is O=C(NCCC1CCNC1)c1ccc(F)cc1O. The van der Waals surface area contributed by atoms with Crippen molar-refractivity contribution in [3.63, 3.8) is 0 Å². The third-order valence-corrected chi connectivity index (χ3v) is 3.20. The molecule has 4 nitrogen and oxygen atoms in total. The first-order chi connectivity index (χ1) is 8.66. The summed E-state index contributed by atoms with van der Waals surface area (Å²) in [5, 5.41) is 15.5. The monoisotopic (exact) mass is 252 g/mol. The number of benzene rings is 1. The van der Waals surface area contributed by atoms with Crippen LogP contribution in [-0.4, -0.2) is 30.6 Å². The van der Waals surface area contributed by atoms with Crippen molar-refractivity contribution in [3.8, 4) is 5.75 Å². The zero-order valence-electron chi connectivity index (χ0n) is 10.1. The van der Waals surface area contributed by atoms with Gasteiger partial charge in [-0.1, -0.05) is 0 Å². The van der Waals surface area contributed by atoms with Gasteiger partial charge >= 0.3 is 0 Å². The molecule has 1 amide bonds. The maximum atomic E-state index is 12.8. The van der Waals surface area contributed by atoms with Crippen LogP contribution in [0.1, 0.15) is 23.2 Å². The van der Waals surface area contributed by atoms with E-state index in [1.807, 2.05) is 0 Å². The van der Waals surface area contributed by atoms with Crippen LogP contribution in [0, 0.1) is 11.7 Å². The van der Waals surface area contributed by atoms with Gasteiger partial charge in [0.05, 0.1) is 5.56 Å². The van der Waals surface area contributed by atoms with Crippen molar-refractivity contribution in [2.75, 3.05) is 19.6 Å². The molecule has 2 rings (SSSR count). The van der Waals surface area contributed by atoms with E-state index in [9.17, 15) is 14.3 Å². The lowest BCUT2D eigenvalue weighted by atomic mass is 10.1. The van der Waals surface area contributed by atoms with E-state index in [0.717, 1.165) is 38.1 Å². The van der Waals surface area contributed by atoms with Gasteiger partial charge in [-0.15, -0.1) is 0 Å². The van der Waals surface area contributed by atoms with E-state index < -0.39 is 5.82 Å². The molecule has 98 valence electrons. The molecule has 1 aliphatic rings. The van der Waals surface area contributed by atoms with Gasteiger partial charge in [-0.3, -0.25) is 4.79 Å². The Morgan fingerprint density at radius 2 is 2.39 bits per heavy atom. The van der Waals surface area contributed by atoms with Crippen molar-refractivity contribution in [1.29, 1.82) is 0 Å². The Morgan fingerprint density at radius 3 is 3.06 bits per heavy atom. The molecular weight excluding hydrogens is 235 g/mol. The first kappa shape index (κ1) is 12.8. The summed E-state index contributed by atoms with van der Waals surface area (Å²) in [5.41, 5.74) is 0.112. The van der Waals surface area contributed by atoms with E-state index in [4.69, 9.17) is 0 Å². The van der Waals surface area contributed by atoms with Crippen LogP contribution < -0.4 is 10.6 Å². The van der Waals surface area contributed by atoms with Gasteiger partial charge in [-0.05, 0) is 44.0 Å². The van der Waals surface area contributed by atoms with E-state index in [1.165, 1.54) is 6.07 Å². The van der Waals surface area contributed by atoms with Crippen LogP contribution in [-0.2, 0) is 0 Å². The molecule has 1 fully saturated rings. The molecule has 1 aromatic carbocycles. The lowest BCUT2D eigenvalue weighted by Gasteiger charge is -2.10. The van der Waals surface area contributed by atoms with Gasteiger partial charge in [0.2, 0.25) is 0 Å². The summed E-state index contributed by atoms with van der Waals surface area (Å²) >= 11 is 0. The van der Waals surface area contributed by atoms with Gasteiger partial charge in [-0.25, -0.2) is 4.39 Å². The molecule has 0 radical (unpaired) electrons. The summed E-state index contributed by atoms with van der Waals surface area (Å²) in [4.78, 5) is 11.7. The van der Waals surface area contributed by atoms with Crippen molar-refractivity contribution in [2.24, 2.45) is 5.92 Å². The molecule has 1 unspecified atom stereocenters. The molecule has 1 aliphatic heterocycles. The zero-order valence-corrected chi connectivity index (χ0v) is 10.1. The van der Waals surface area contributed by atoms with E-state index in [2.05, 4.69) is 10.6 Å². The lowest BCUT2D eigenvalue weighted by Crippen LogP contribution is -2.26. The molecule has 18 heavy (non-hydrogen) atoms. The number of aromatic hydroxyl groups is 1. The number of phenolic OH excluding ortho intramolecular Hbond substituents is 1. The molecule has 1 atom stereocenters. The third kappa shape index (κ3) is 3.20. The molecule has 1 aromatic rings. The highest BCUT2D eigenvalue weighted by atomic mass is 19.1. The normalized spacial score (nSPS) is 18.8. The Balaban J connectivity index is 1.83. The van der Waals surface area contributed by atoms with Crippen molar-refractivity contribution >= 4 is 5.91 Å². The number of carbonyl (C=O) groups excluding carboxylic acids is 1. The molecule has 0 spiro atoms. The zero-order chi connectivity index (χ0) is 13.0. The van der Waals surface area contributed by atoms with E-state index >= 15 is 0 Å². The third-order valence-electron chi connectivity index (χ3n) is 3.20. The van der Waals surface area contributed by atoms with Gasteiger partial charge in [0.25, 0.3) is 5.91 Å². The molecule has 1 saturated heterocycles. The summed E-state index contributed by atoms with van der Waals surface area (Å²) in [5.74, 6) is -0.637. The first-order valence-corrected chi connectivity index (χ1v) is 6.14. The van der Waals surface area contributed by atoms with Crippen molar-refractivity contribution in [2.45, 2.75) is 12.8 Å². The van der Waals surface area contributed by atoms with Gasteiger partial charge in [0.15, 0.2) is 0 Å². The Morgan fingerprint density at radius 1 is 1.56 bits per heavy atom. The second-order valence-electron chi connectivity index (χ2n) is 4.56. The average molecular weight is 252 g/mol. The van der Waals surface area contributed by atoms with Crippen LogP contribution in [0.3, 0.4) is 0 Å². The van der Waals surface area contributed by atoms with Gasteiger partial charge in [-0.2, -0.15) is 0 Å². The van der Waals surface area contributed by atoms with Crippen molar-refractivity contribution < 1.29 is 14.3 Å². The summed E-state index contributed by atoms with van der Waals surface area (Å²) in [6.45, 7) is 2.61. The number of amides is 1. The fourth-order valence-electron chi connectivity index (χ4n) is 2.14.